The Labute approximate surface area is 106 Å². The molecule has 0 aromatic heterocycles. The Balaban J connectivity index is 2.01. The number of carbonyl (C=O) groups is 2. The van der Waals surface area contributed by atoms with Crippen molar-refractivity contribution in [3.63, 3.8) is 0 Å². The van der Waals surface area contributed by atoms with Gasteiger partial charge in [-0.1, -0.05) is 30.3 Å². The summed E-state index contributed by atoms with van der Waals surface area (Å²) in [4.78, 5) is 25.2. The minimum Gasteiger partial charge on any atom is -0.465 e. The van der Waals surface area contributed by atoms with Gasteiger partial charge >= 0.3 is 6.09 Å². The van der Waals surface area contributed by atoms with Crippen LogP contribution >= 0.6 is 0 Å². The number of benzene rings is 1. The molecule has 1 atom stereocenters. The Hall–Kier alpha value is -1.88. The summed E-state index contributed by atoms with van der Waals surface area (Å²) in [6, 6.07) is 9.52. The molecule has 1 amide bonds. The van der Waals surface area contributed by atoms with Crippen molar-refractivity contribution in [3.8, 4) is 0 Å². The van der Waals surface area contributed by atoms with Crippen molar-refractivity contribution in [2.45, 2.75) is 12.6 Å². The summed E-state index contributed by atoms with van der Waals surface area (Å²) in [5.74, 6) is 0. The van der Waals surface area contributed by atoms with E-state index in [1.54, 1.807) is 0 Å². The van der Waals surface area contributed by atoms with Crippen LogP contribution in [0.4, 0.5) is 4.79 Å². The maximum absolute atomic E-state index is 11.1. The molecular formula is C13H16N2O3. The average Bonchev–Trinajstić information content (AvgIpc) is 2.40. The molecule has 5 heteroatoms. The van der Waals surface area contributed by atoms with Crippen molar-refractivity contribution in [1.29, 1.82) is 0 Å². The lowest BCUT2D eigenvalue weighted by molar-refractivity contribution is -0.114. The molecule has 1 aliphatic heterocycles. The zero-order valence-corrected chi connectivity index (χ0v) is 10.0. The second-order valence-corrected chi connectivity index (χ2v) is 4.39. The summed E-state index contributed by atoms with van der Waals surface area (Å²) in [7, 11) is 0. The minimum atomic E-state index is -0.957. The van der Waals surface area contributed by atoms with Gasteiger partial charge in [0.05, 0.1) is 6.04 Å². The number of nitrogens with zero attached hydrogens (tertiary/aromatic N) is 2. The molecule has 0 unspecified atom stereocenters. The zero-order valence-electron chi connectivity index (χ0n) is 10.0. The van der Waals surface area contributed by atoms with E-state index in [9.17, 15) is 9.59 Å². The number of aldehydes is 1. The maximum atomic E-state index is 11.1. The summed E-state index contributed by atoms with van der Waals surface area (Å²) in [5.41, 5.74) is 1.13. The molecule has 1 saturated heterocycles. The molecule has 5 nitrogen and oxygen atoms in total. The van der Waals surface area contributed by atoms with Crippen LogP contribution in [0.15, 0.2) is 30.3 Å². The molecule has 1 N–H and O–H groups in total. The molecule has 0 bridgehead atoms. The predicted molar refractivity (Wildman–Crippen MR) is 66.3 cm³/mol. The zero-order chi connectivity index (χ0) is 13.0. The number of hydrogen-bond acceptors (Lipinski definition) is 3. The first-order valence-corrected chi connectivity index (χ1v) is 5.92. The Morgan fingerprint density at radius 2 is 2.06 bits per heavy atom. The smallest absolute Gasteiger partial charge is 0.407 e. The molecule has 1 aromatic carbocycles. The van der Waals surface area contributed by atoms with E-state index in [0.717, 1.165) is 11.8 Å². The summed E-state index contributed by atoms with van der Waals surface area (Å²) in [6.07, 6.45) is -0.126. The molecular weight excluding hydrogens is 232 g/mol. The second-order valence-electron chi connectivity index (χ2n) is 4.39. The van der Waals surface area contributed by atoms with Gasteiger partial charge in [-0.05, 0) is 5.56 Å². The van der Waals surface area contributed by atoms with Crippen LogP contribution in [-0.4, -0.2) is 53.0 Å². The van der Waals surface area contributed by atoms with Gasteiger partial charge in [0.25, 0.3) is 0 Å². The maximum Gasteiger partial charge on any atom is 0.407 e. The van der Waals surface area contributed by atoms with E-state index >= 15 is 0 Å². The third kappa shape index (κ3) is 2.87. The van der Waals surface area contributed by atoms with Gasteiger partial charge in [-0.25, -0.2) is 4.79 Å². The van der Waals surface area contributed by atoms with Crippen LogP contribution in [0.1, 0.15) is 5.56 Å². The molecule has 0 aliphatic carbocycles. The van der Waals surface area contributed by atoms with Gasteiger partial charge in [0.2, 0.25) is 0 Å². The summed E-state index contributed by atoms with van der Waals surface area (Å²) < 4.78 is 0. The lowest BCUT2D eigenvalue weighted by Gasteiger charge is -2.37. The van der Waals surface area contributed by atoms with E-state index in [1.165, 1.54) is 4.90 Å². The Bertz CT molecular complexity index is 422. The van der Waals surface area contributed by atoms with Crippen LogP contribution < -0.4 is 0 Å². The number of piperazine rings is 1. The third-order valence-corrected chi connectivity index (χ3v) is 3.19. The molecule has 0 saturated carbocycles. The molecule has 0 spiro atoms. The van der Waals surface area contributed by atoms with Gasteiger partial charge in [-0.2, -0.15) is 0 Å². The number of rotatable bonds is 3. The number of amides is 1. The van der Waals surface area contributed by atoms with Crippen molar-refractivity contribution in [2.24, 2.45) is 0 Å². The SMILES string of the molecule is O=C[C@@H]1CN(C(=O)O)CCN1Cc1ccccc1. The van der Waals surface area contributed by atoms with Gasteiger partial charge < -0.3 is 14.8 Å². The van der Waals surface area contributed by atoms with Gasteiger partial charge in [-0.15, -0.1) is 0 Å². The molecule has 96 valence electrons. The average molecular weight is 248 g/mol. The van der Waals surface area contributed by atoms with Crippen molar-refractivity contribution in [1.82, 2.24) is 9.80 Å². The first-order valence-electron chi connectivity index (χ1n) is 5.92. The van der Waals surface area contributed by atoms with Crippen LogP contribution in [0, 0.1) is 0 Å². The van der Waals surface area contributed by atoms with Gasteiger partial charge in [0, 0.05) is 26.2 Å². The lowest BCUT2D eigenvalue weighted by Crippen LogP contribution is -2.54. The molecule has 1 heterocycles. The first-order chi connectivity index (χ1) is 8.70. The third-order valence-electron chi connectivity index (χ3n) is 3.19. The van der Waals surface area contributed by atoms with E-state index in [2.05, 4.69) is 0 Å². The predicted octanol–water partition coefficient (Wildman–Crippen LogP) is 1.05. The minimum absolute atomic E-state index is 0.256. The van der Waals surface area contributed by atoms with Crippen LogP contribution in [0.25, 0.3) is 0 Å². The second kappa shape index (κ2) is 5.64. The largest absolute Gasteiger partial charge is 0.465 e. The quantitative estimate of drug-likeness (QED) is 0.812. The van der Waals surface area contributed by atoms with Gasteiger partial charge in [0.1, 0.15) is 6.29 Å². The number of hydrogen-bond donors (Lipinski definition) is 1. The van der Waals surface area contributed by atoms with E-state index in [1.807, 2.05) is 35.2 Å². The Morgan fingerprint density at radius 3 is 2.67 bits per heavy atom. The van der Waals surface area contributed by atoms with Crippen molar-refractivity contribution in [3.05, 3.63) is 35.9 Å². The molecule has 1 aliphatic rings. The van der Waals surface area contributed by atoms with E-state index in [4.69, 9.17) is 5.11 Å². The van der Waals surface area contributed by atoms with Gasteiger partial charge in [0.15, 0.2) is 0 Å². The van der Waals surface area contributed by atoms with Crippen LogP contribution in [0.2, 0.25) is 0 Å². The fourth-order valence-corrected chi connectivity index (χ4v) is 2.16. The fraction of sp³-hybridized carbons (Fsp3) is 0.385. The topological polar surface area (TPSA) is 60.9 Å². The fourth-order valence-electron chi connectivity index (χ4n) is 2.16. The molecule has 18 heavy (non-hydrogen) atoms. The molecule has 0 radical (unpaired) electrons. The summed E-state index contributed by atoms with van der Waals surface area (Å²) in [6.45, 7) is 1.97. The van der Waals surface area contributed by atoms with E-state index in [-0.39, 0.29) is 12.6 Å². The van der Waals surface area contributed by atoms with Crippen molar-refractivity contribution >= 4 is 12.4 Å². The van der Waals surface area contributed by atoms with Crippen LogP contribution in [-0.2, 0) is 11.3 Å². The standard InChI is InChI=1S/C13H16N2O3/c16-10-12-9-15(13(17)18)7-6-14(12)8-11-4-2-1-3-5-11/h1-5,10,12H,6-9H2,(H,17,18)/t12-/m0/s1. The Kier molecular flexibility index (Phi) is 3.94. The van der Waals surface area contributed by atoms with E-state index in [0.29, 0.717) is 19.6 Å². The van der Waals surface area contributed by atoms with Crippen molar-refractivity contribution in [2.75, 3.05) is 19.6 Å². The highest BCUT2D eigenvalue weighted by Crippen LogP contribution is 2.13. The van der Waals surface area contributed by atoms with Gasteiger partial charge in [-0.3, -0.25) is 4.90 Å². The summed E-state index contributed by atoms with van der Waals surface area (Å²) in [5, 5.41) is 8.92. The Morgan fingerprint density at radius 1 is 1.33 bits per heavy atom. The first kappa shape index (κ1) is 12.6. The lowest BCUT2D eigenvalue weighted by atomic mass is 10.1. The highest BCUT2D eigenvalue weighted by molar-refractivity contribution is 5.67. The highest BCUT2D eigenvalue weighted by Gasteiger charge is 2.28. The molecule has 2 rings (SSSR count). The van der Waals surface area contributed by atoms with Crippen LogP contribution in [0.3, 0.4) is 0 Å². The highest BCUT2D eigenvalue weighted by atomic mass is 16.4. The van der Waals surface area contributed by atoms with Crippen molar-refractivity contribution < 1.29 is 14.7 Å². The number of carbonyl (C=O) groups excluding carboxylic acids is 1. The normalized spacial score (nSPS) is 20.7. The van der Waals surface area contributed by atoms with E-state index < -0.39 is 6.09 Å². The molecule has 1 aromatic rings. The monoisotopic (exact) mass is 248 g/mol. The summed E-state index contributed by atoms with van der Waals surface area (Å²) >= 11 is 0. The van der Waals surface area contributed by atoms with Crippen LogP contribution in [0.5, 0.6) is 0 Å². The number of carboxylic acid groups (broad SMARTS) is 1. The molecule has 1 fully saturated rings.